The molecule has 0 aliphatic rings. The number of carbonyl (C=O) groups is 1. The van der Waals surface area contributed by atoms with Crippen LogP contribution < -0.4 is 0 Å². The molecule has 0 aromatic carbocycles. The molecular weight excluding hydrogens is 244 g/mol. The van der Waals surface area contributed by atoms with E-state index < -0.39 is 0 Å². The summed E-state index contributed by atoms with van der Waals surface area (Å²) in [7, 11) is 1.79. The Morgan fingerprint density at radius 3 is 2.63 bits per heavy atom. The lowest BCUT2D eigenvalue weighted by molar-refractivity contribution is 0.112. The Balaban J connectivity index is 2.15. The van der Waals surface area contributed by atoms with Crippen LogP contribution in [0.2, 0.25) is 0 Å². The van der Waals surface area contributed by atoms with Crippen molar-refractivity contribution in [1.82, 2.24) is 29.5 Å². The van der Waals surface area contributed by atoms with Gasteiger partial charge in [-0.1, -0.05) is 0 Å². The highest BCUT2D eigenvalue weighted by Crippen LogP contribution is 2.20. The second kappa shape index (κ2) is 4.45. The number of hydrogen-bond acceptors (Lipinski definition) is 5. The van der Waals surface area contributed by atoms with Crippen molar-refractivity contribution in [2.24, 2.45) is 7.05 Å². The number of aromatic nitrogens is 6. The van der Waals surface area contributed by atoms with Gasteiger partial charge in [-0.05, 0) is 12.1 Å². The second-order valence-corrected chi connectivity index (χ2v) is 3.88. The summed E-state index contributed by atoms with van der Waals surface area (Å²) in [6.45, 7) is 0. The summed E-state index contributed by atoms with van der Waals surface area (Å²) in [5, 5.41) is 8.42. The van der Waals surface area contributed by atoms with E-state index in [2.05, 4.69) is 20.2 Å². The average molecular weight is 254 g/mol. The normalized spacial score (nSPS) is 10.6. The minimum Gasteiger partial charge on any atom is -0.298 e. The first-order valence-corrected chi connectivity index (χ1v) is 5.60. The predicted molar refractivity (Wildman–Crippen MR) is 66.7 cm³/mol. The highest BCUT2D eigenvalue weighted by molar-refractivity contribution is 5.84. The first-order valence-electron chi connectivity index (χ1n) is 5.60. The molecule has 0 N–H and O–H groups in total. The number of aldehydes is 1. The topological polar surface area (TPSA) is 78.5 Å². The van der Waals surface area contributed by atoms with Crippen molar-refractivity contribution in [3.63, 3.8) is 0 Å². The van der Waals surface area contributed by atoms with E-state index in [4.69, 9.17) is 0 Å². The van der Waals surface area contributed by atoms with Crippen LogP contribution in [0.5, 0.6) is 0 Å². The molecule has 7 heteroatoms. The third-order valence-electron chi connectivity index (χ3n) is 2.69. The maximum Gasteiger partial charge on any atom is 0.250 e. The van der Waals surface area contributed by atoms with E-state index in [-0.39, 0.29) is 0 Å². The number of hydrogen-bond donors (Lipinski definition) is 0. The molecular formula is C12H10N6O. The molecule has 7 nitrogen and oxygen atoms in total. The minimum atomic E-state index is 0.416. The summed E-state index contributed by atoms with van der Waals surface area (Å²) in [6.07, 6.45) is 7.25. The number of carbonyl (C=O) groups excluding carboxylic acids is 1. The standard InChI is InChI=1S/C12H10N6O/c1-17-10(3-6-15-17)11-9(8-19)7-18(16-11)12-13-4-2-5-14-12/h2-8H,1H3. The highest BCUT2D eigenvalue weighted by Gasteiger charge is 2.15. The molecule has 0 spiro atoms. The van der Waals surface area contributed by atoms with Gasteiger partial charge >= 0.3 is 0 Å². The first kappa shape index (κ1) is 11.3. The molecule has 0 bridgehead atoms. The molecule has 0 fully saturated rings. The number of rotatable bonds is 3. The molecule has 0 saturated heterocycles. The van der Waals surface area contributed by atoms with Crippen molar-refractivity contribution in [2.45, 2.75) is 0 Å². The van der Waals surface area contributed by atoms with Gasteiger partial charge in [0.25, 0.3) is 0 Å². The van der Waals surface area contributed by atoms with Crippen LogP contribution in [0.25, 0.3) is 17.3 Å². The van der Waals surface area contributed by atoms with Crippen LogP contribution >= 0.6 is 0 Å². The van der Waals surface area contributed by atoms with E-state index in [9.17, 15) is 4.79 Å². The van der Waals surface area contributed by atoms with Crippen LogP contribution in [0, 0.1) is 0 Å². The summed E-state index contributed by atoms with van der Waals surface area (Å²) in [6, 6.07) is 3.52. The van der Waals surface area contributed by atoms with Gasteiger partial charge in [0.2, 0.25) is 5.95 Å². The maximum absolute atomic E-state index is 11.2. The molecule has 0 saturated carbocycles. The summed E-state index contributed by atoms with van der Waals surface area (Å²) in [4.78, 5) is 19.3. The molecule has 19 heavy (non-hydrogen) atoms. The van der Waals surface area contributed by atoms with Crippen molar-refractivity contribution in [3.8, 4) is 17.3 Å². The Hall–Kier alpha value is -2.83. The van der Waals surface area contributed by atoms with Crippen molar-refractivity contribution in [2.75, 3.05) is 0 Å². The van der Waals surface area contributed by atoms with Crippen molar-refractivity contribution < 1.29 is 4.79 Å². The zero-order valence-electron chi connectivity index (χ0n) is 10.1. The fourth-order valence-electron chi connectivity index (χ4n) is 1.79. The number of nitrogens with zero attached hydrogens (tertiary/aromatic N) is 6. The molecule has 0 atom stereocenters. The van der Waals surface area contributed by atoms with Crippen molar-refractivity contribution in [1.29, 1.82) is 0 Å². The summed E-state index contributed by atoms with van der Waals surface area (Å²) >= 11 is 0. The monoisotopic (exact) mass is 254 g/mol. The van der Waals surface area contributed by atoms with Crippen molar-refractivity contribution in [3.05, 3.63) is 42.5 Å². The van der Waals surface area contributed by atoms with Gasteiger partial charge in [-0.2, -0.15) is 10.2 Å². The van der Waals surface area contributed by atoms with Crippen LogP contribution in [-0.4, -0.2) is 35.8 Å². The van der Waals surface area contributed by atoms with E-state index in [1.54, 1.807) is 48.6 Å². The Kier molecular flexibility index (Phi) is 2.64. The fraction of sp³-hybridized carbons (Fsp3) is 0.0833. The SMILES string of the molecule is Cn1nccc1-c1nn(-c2ncccn2)cc1C=O. The van der Waals surface area contributed by atoms with Crippen LogP contribution in [0.1, 0.15) is 10.4 Å². The Labute approximate surface area is 108 Å². The molecule has 0 aliphatic carbocycles. The minimum absolute atomic E-state index is 0.416. The van der Waals surface area contributed by atoms with Crippen LogP contribution in [0.4, 0.5) is 0 Å². The summed E-state index contributed by atoms with van der Waals surface area (Å²) in [5.74, 6) is 0.416. The third-order valence-corrected chi connectivity index (χ3v) is 2.69. The molecule has 3 aromatic heterocycles. The summed E-state index contributed by atoms with van der Waals surface area (Å²) < 4.78 is 3.14. The van der Waals surface area contributed by atoms with E-state index >= 15 is 0 Å². The zero-order chi connectivity index (χ0) is 13.2. The van der Waals surface area contributed by atoms with Gasteiger partial charge in [0.15, 0.2) is 6.29 Å². The van der Waals surface area contributed by atoms with Gasteiger partial charge in [0.1, 0.15) is 5.69 Å². The largest absolute Gasteiger partial charge is 0.298 e. The van der Waals surface area contributed by atoms with Gasteiger partial charge in [0, 0.05) is 31.8 Å². The first-order chi connectivity index (χ1) is 9.29. The molecule has 94 valence electrons. The molecule has 3 heterocycles. The molecule has 0 amide bonds. The Bertz CT molecular complexity index is 715. The van der Waals surface area contributed by atoms with Crippen LogP contribution in [-0.2, 0) is 7.05 Å². The van der Waals surface area contributed by atoms with Crippen LogP contribution in [0.3, 0.4) is 0 Å². The lowest BCUT2D eigenvalue weighted by atomic mass is 10.2. The van der Waals surface area contributed by atoms with E-state index in [0.29, 0.717) is 17.2 Å². The third kappa shape index (κ3) is 1.90. The van der Waals surface area contributed by atoms with Gasteiger partial charge in [0.05, 0.1) is 11.3 Å². The fourth-order valence-corrected chi connectivity index (χ4v) is 1.79. The predicted octanol–water partition coefficient (Wildman–Crippen LogP) is 0.875. The lowest BCUT2D eigenvalue weighted by Crippen LogP contribution is -2.01. The molecule has 3 rings (SSSR count). The maximum atomic E-state index is 11.2. The molecule has 0 radical (unpaired) electrons. The van der Waals surface area contributed by atoms with Gasteiger partial charge < -0.3 is 0 Å². The number of aryl methyl sites for hydroxylation is 1. The zero-order valence-corrected chi connectivity index (χ0v) is 10.1. The van der Waals surface area contributed by atoms with E-state index in [1.165, 1.54) is 4.68 Å². The Morgan fingerprint density at radius 2 is 2.00 bits per heavy atom. The van der Waals surface area contributed by atoms with Gasteiger partial charge in [-0.15, -0.1) is 0 Å². The van der Waals surface area contributed by atoms with Crippen molar-refractivity contribution >= 4 is 6.29 Å². The van der Waals surface area contributed by atoms with Gasteiger partial charge in [-0.25, -0.2) is 14.6 Å². The van der Waals surface area contributed by atoms with E-state index in [0.717, 1.165) is 12.0 Å². The van der Waals surface area contributed by atoms with Gasteiger partial charge in [-0.3, -0.25) is 9.48 Å². The average Bonchev–Trinajstić information content (AvgIpc) is 3.05. The smallest absolute Gasteiger partial charge is 0.250 e. The molecule has 3 aromatic rings. The highest BCUT2D eigenvalue weighted by atomic mass is 16.1. The molecule has 0 unspecified atom stereocenters. The second-order valence-electron chi connectivity index (χ2n) is 3.88. The van der Waals surface area contributed by atoms with E-state index in [1.807, 2.05) is 0 Å². The lowest BCUT2D eigenvalue weighted by Gasteiger charge is -1.98. The summed E-state index contributed by atoms with van der Waals surface area (Å²) in [5.41, 5.74) is 1.79. The molecule has 0 aliphatic heterocycles. The van der Waals surface area contributed by atoms with Crippen LogP contribution in [0.15, 0.2) is 36.9 Å². The quantitative estimate of drug-likeness (QED) is 0.648. The Morgan fingerprint density at radius 1 is 1.21 bits per heavy atom.